The lowest BCUT2D eigenvalue weighted by molar-refractivity contribution is -0.384. The van der Waals surface area contributed by atoms with Gasteiger partial charge in [-0.05, 0) is 37.6 Å². The zero-order valence-corrected chi connectivity index (χ0v) is 20.9. The van der Waals surface area contributed by atoms with Gasteiger partial charge in [0.25, 0.3) is 11.6 Å². The number of carbonyl (C=O) groups excluding carboxylic acids is 2. The second kappa shape index (κ2) is 12.6. The third kappa shape index (κ3) is 7.02. The summed E-state index contributed by atoms with van der Waals surface area (Å²) in [6.07, 6.45) is 1.99. The molecule has 3 aromatic rings. The van der Waals surface area contributed by atoms with Gasteiger partial charge in [-0.15, -0.1) is 0 Å². The van der Waals surface area contributed by atoms with Gasteiger partial charge in [-0.2, -0.15) is 0 Å². The lowest BCUT2D eigenvalue weighted by Gasteiger charge is -2.30. The van der Waals surface area contributed by atoms with Crippen molar-refractivity contribution in [2.75, 3.05) is 26.8 Å². The van der Waals surface area contributed by atoms with Crippen molar-refractivity contribution < 1.29 is 19.2 Å². The molecule has 0 atom stereocenters. The minimum absolute atomic E-state index is 0.102. The van der Waals surface area contributed by atoms with Crippen LogP contribution in [0.5, 0.6) is 0 Å². The fourth-order valence-electron chi connectivity index (χ4n) is 3.90. The van der Waals surface area contributed by atoms with Crippen LogP contribution in [0.2, 0.25) is 0 Å². The van der Waals surface area contributed by atoms with Gasteiger partial charge in [-0.25, -0.2) is 0 Å². The highest BCUT2D eigenvalue weighted by atomic mass is 16.6. The molecule has 0 aliphatic carbocycles. The van der Waals surface area contributed by atoms with Gasteiger partial charge in [0.15, 0.2) is 0 Å². The van der Waals surface area contributed by atoms with Crippen molar-refractivity contribution in [1.29, 1.82) is 0 Å². The van der Waals surface area contributed by atoms with E-state index in [0.717, 1.165) is 11.3 Å². The molecule has 0 fully saturated rings. The van der Waals surface area contributed by atoms with Crippen molar-refractivity contribution in [3.05, 3.63) is 99.9 Å². The Balaban J connectivity index is 1.77. The highest BCUT2D eigenvalue weighted by molar-refractivity contribution is 5.97. The van der Waals surface area contributed by atoms with Crippen LogP contribution in [0, 0.1) is 10.1 Å². The topological polar surface area (TPSA) is 97.9 Å². The lowest BCUT2D eigenvalue weighted by atomic mass is 10.1. The van der Waals surface area contributed by atoms with E-state index in [0.29, 0.717) is 13.1 Å². The van der Waals surface area contributed by atoms with Gasteiger partial charge < -0.3 is 19.1 Å². The Morgan fingerprint density at radius 1 is 1.06 bits per heavy atom. The van der Waals surface area contributed by atoms with Crippen molar-refractivity contribution in [1.82, 2.24) is 14.4 Å². The van der Waals surface area contributed by atoms with Crippen LogP contribution in [0.25, 0.3) is 0 Å². The fraction of sp³-hybridized carbons (Fsp3) is 0.333. The van der Waals surface area contributed by atoms with E-state index in [-0.39, 0.29) is 42.9 Å². The van der Waals surface area contributed by atoms with Gasteiger partial charge >= 0.3 is 0 Å². The van der Waals surface area contributed by atoms with E-state index in [4.69, 9.17) is 4.74 Å². The number of ether oxygens (including phenoxy) is 1. The maximum absolute atomic E-state index is 13.4. The van der Waals surface area contributed by atoms with Gasteiger partial charge in [0.2, 0.25) is 5.91 Å². The molecular formula is C27H32N4O5. The molecule has 3 rings (SSSR count). The van der Waals surface area contributed by atoms with Gasteiger partial charge in [-0.1, -0.05) is 36.4 Å². The number of hydrogen-bond acceptors (Lipinski definition) is 5. The van der Waals surface area contributed by atoms with Crippen LogP contribution < -0.4 is 0 Å². The van der Waals surface area contributed by atoms with E-state index >= 15 is 0 Å². The number of rotatable bonds is 12. The molecule has 0 saturated carbocycles. The standard InChI is InChI=1S/C27H32N4O5/c1-21(2)30(19-25-13-8-14-28(25)18-22-9-5-4-6-10-22)26(32)20-29(15-16-36-3)27(33)23-11-7-12-24(17-23)31(34)35/h4-14,17,21H,15-16,18-20H2,1-3H3. The summed E-state index contributed by atoms with van der Waals surface area (Å²) in [5, 5.41) is 11.2. The van der Waals surface area contributed by atoms with Gasteiger partial charge in [0.1, 0.15) is 6.54 Å². The maximum Gasteiger partial charge on any atom is 0.270 e. The third-order valence-electron chi connectivity index (χ3n) is 5.88. The average Bonchev–Trinajstić information content (AvgIpc) is 3.31. The summed E-state index contributed by atoms with van der Waals surface area (Å²) in [6, 6.07) is 19.4. The summed E-state index contributed by atoms with van der Waals surface area (Å²) in [6.45, 7) is 5.20. The van der Waals surface area contributed by atoms with Crippen LogP contribution in [0.3, 0.4) is 0 Å². The second-order valence-corrected chi connectivity index (χ2v) is 8.76. The van der Waals surface area contributed by atoms with Crippen LogP contribution in [0.15, 0.2) is 72.9 Å². The van der Waals surface area contributed by atoms with E-state index in [9.17, 15) is 19.7 Å². The van der Waals surface area contributed by atoms with Gasteiger partial charge in [0.05, 0.1) is 18.1 Å². The van der Waals surface area contributed by atoms with E-state index in [1.54, 1.807) is 4.90 Å². The molecule has 0 radical (unpaired) electrons. The number of nitro benzene ring substituents is 1. The normalized spacial score (nSPS) is 10.9. The molecule has 0 bridgehead atoms. The first-order valence-corrected chi connectivity index (χ1v) is 11.8. The molecule has 0 aliphatic heterocycles. The summed E-state index contributed by atoms with van der Waals surface area (Å²) in [4.78, 5) is 40.4. The number of carbonyl (C=O) groups is 2. The molecule has 0 saturated heterocycles. The number of non-ortho nitro benzene ring substituents is 1. The Kier molecular flexibility index (Phi) is 9.35. The Hall–Kier alpha value is -3.98. The van der Waals surface area contributed by atoms with Crippen LogP contribution in [0.4, 0.5) is 5.69 Å². The minimum atomic E-state index is -0.549. The SMILES string of the molecule is COCCN(CC(=O)N(Cc1cccn1Cc1ccccc1)C(C)C)C(=O)c1cccc([N+](=O)[O-])c1. The van der Waals surface area contributed by atoms with Crippen LogP contribution in [-0.2, 0) is 22.6 Å². The first-order chi connectivity index (χ1) is 17.3. The monoisotopic (exact) mass is 492 g/mol. The van der Waals surface area contributed by atoms with E-state index in [1.807, 2.05) is 50.4 Å². The van der Waals surface area contributed by atoms with E-state index in [1.165, 1.54) is 36.3 Å². The zero-order chi connectivity index (χ0) is 26.1. The first-order valence-electron chi connectivity index (χ1n) is 11.8. The van der Waals surface area contributed by atoms with Crippen molar-refractivity contribution in [3.63, 3.8) is 0 Å². The first kappa shape index (κ1) is 26.6. The zero-order valence-electron chi connectivity index (χ0n) is 20.9. The lowest BCUT2D eigenvalue weighted by Crippen LogP contribution is -2.46. The largest absolute Gasteiger partial charge is 0.383 e. The van der Waals surface area contributed by atoms with Gasteiger partial charge in [-0.3, -0.25) is 19.7 Å². The summed E-state index contributed by atoms with van der Waals surface area (Å²) in [5.41, 5.74) is 2.11. The predicted octanol–water partition coefficient (Wildman–Crippen LogP) is 3.97. The highest BCUT2D eigenvalue weighted by Gasteiger charge is 2.25. The summed E-state index contributed by atoms with van der Waals surface area (Å²) in [7, 11) is 1.51. The Morgan fingerprint density at radius 3 is 2.47 bits per heavy atom. The second-order valence-electron chi connectivity index (χ2n) is 8.76. The van der Waals surface area contributed by atoms with Crippen molar-refractivity contribution in [2.24, 2.45) is 0 Å². The number of hydrogen-bond donors (Lipinski definition) is 0. The molecule has 2 aromatic carbocycles. The summed E-state index contributed by atoms with van der Waals surface area (Å²) in [5.74, 6) is -0.674. The molecule has 9 heteroatoms. The quantitative estimate of drug-likeness (QED) is 0.281. The minimum Gasteiger partial charge on any atom is -0.383 e. The van der Waals surface area contributed by atoms with Gasteiger partial charge in [0, 0.05) is 55.8 Å². The maximum atomic E-state index is 13.4. The van der Waals surface area contributed by atoms with Crippen LogP contribution in [-0.4, -0.2) is 64.0 Å². The number of amides is 2. The summed E-state index contributed by atoms with van der Waals surface area (Å²) >= 11 is 0. The molecular weight excluding hydrogens is 460 g/mol. The molecule has 0 aliphatic rings. The molecule has 36 heavy (non-hydrogen) atoms. The molecule has 0 unspecified atom stereocenters. The third-order valence-corrected chi connectivity index (χ3v) is 5.88. The number of methoxy groups -OCH3 is 1. The molecule has 190 valence electrons. The van der Waals surface area contributed by atoms with E-state index < -0.39 is 10.8 Å². The molecule has 0 spiro atoms. The average molecular weight is 493 g/mol. The predicted molar refractivity (Wildman–Crippen MR) is 137 cm³/mol. The Bertz CT molecular complexity index is 1180. The molecule has 2 amide bonds. The molecule has 9 nitrogen and oxygen atoms in total. The Labute approximate surface area is 211 Å². The fourth-order valence-corrected chi connectivity index (χ4v) is 3.90. The number of nitro groups is 1. The smallest absolute Gasteiger partial charge is 0.270 e. The molecule has 0 N–H and O–H groups in total. The molecule has 1 heterocycles. The van der Waals surface area contributed by atoms with Crippen molar-refractivity contribution in [3.8, 4) is 0 Å². The molecule has 1 aromatic heterocycles. The number of benzene rings is 2. The van der Waals surface area contributed by atoms with E-state index in [2.05, 4.69) is 16.7 Å². The number of nitrogens with zero attached hydrogens (tertiary/aromatic N) is 4. The summed E-state index contributed by atoms with van der Waals surface area (Å²) < 4.78 is 7.24. The highest BCUT2D eigenvalue weighted by Crippen LogP contribution is 2.17. The van der Waals surface area contributed by atoms with Crippen LogP contribution in [0.1, 0.15) is 35.5 Å². The van der Waals surface area contributed by atoms with Crippen LogP contribution >= 0.6 is 0 Å². The Morgan fingerprint density at radius 2 is 1.81 bits per heavy atom. The van der Waals surface area contributed by atoms with Crippen molar-refractivity contribution >= 4 is 17.5 Å². The van der Waals surface area contributed by atoms with Crippen molar-refractivity contribution in [2.45, 2.75) is 33.0 Å². The number of aromatic nitrogens is 1.